The van der Waals surface area contributed by atoms with Crippen molar-refractivity contribution in [1.29, 1.82) is 0 Å². The van der Waals surface area contributed by atoms with Crippen molar-refractivity contribution in [2.75, 3.05) is 7.11 Å². The number of furan rings is 1. The number of para-hydroxylation sites is 1. The molecule has 4 aromatic rings. The third kappa shape index (κ3) is 4.30. The highest BCUT2D eigenvalue weighted by molar-refractivity contribution is 6.14. The Morgan fingerprint density at radius 2 is 1.74 bits per heavy atom. The van der Waals surface area contributed by atoms with Crippen LogP contribution in [0.25, 0.3) is 17.0 Å². The topological polar surface area (TPSA) is 75.0 Å². The van der Waals surface area contributed by atoms with E-state index in [1.807, 2.05) is 36.4 Å². The smallest absolute Gasteiger partial charge is 0.379 e. The molecule has 6 heteroatoms. The molecule has 5 rings (SSSR count). The second-order valence-corrected chi connectivity index (χ2v) is 9.35. The Morgan fingerprint density at radius 1 is 0.971 bits per heavy atom. The predicted molar refractivity (Wildman–Crippen MR) is 132 cm³/mol. The molecule has 0 spiro atoms. The molecule has 1 aliphatic heterocycles. The van der Waals surface area contributed by atoms with Crippen molar-refractivity contribution in [3.63, 3.8) is 0 Å². The second-order valence-electron chi connectivity index (χ2n) is 9.35. The van der Waals surface area contributed by atoms with Crippen molar-refractivity contribution in [3.8, 4) is 17.2 Å². The standard InChI is InChI=1S/C29H24O6/c1-29(2,3)19-10-8-17(9-11-19)14-24-26(30)21-13-12-20(16-23(21)34-24)33-28(31)25-15-18-6-5-7-22(32-4)27(18)35-25/h5-16H,1-4H3/b24-14-. The first-order valence-corrected chi connectivity index (χ1v) is 11.2. The molecule has 3 aromatic carbocycles. The molecule has 0 saturated heterocycles. The third-order valence-electron chi connectivity index (χ3n) is 5.86. The highest BCUT2D eigenvalue weighted by atomic mass is 16.6. The fourth-order valence-electron chi connectivity index (χ4n) is 3.92. The van der Waals surface area contributed by atoms with Crippen LogP contribution in [0.5, 0.6) is 17.2 Å². The Labute approximate surface area is 202 Å². The third-order valence-corrected chi connectivity index (χ3v) is 5.86. The lowest BCUT2D eigenvalue weighted by atomic mass is 9.86. The van der Waals surface area contributed by atoms with E-state index in [1.165, 1.54) is 18.7 Å². The summed E-state index contributed by atoms with van der Waals surface area (Å²) in [6.45, 7) is 6.45. The van der Waals surface area contributed by atoms with Crippen molar-refractivity contribution in [3.05, 3.63) is 94.9 Å². The molecule has 0 bridgehead atoms. The molecule has 0 atom stereocenters. The normalized spacial score (nSPS) is 14.2. The molecule has 0 radical (unpaired) electrons. The molecular weight excluding hydrogens is 444 g/mol. The Bertz CT molecular complexity index is 1480. The molecule has 6 nitrogen and oxygen atoms in total. The van der Waals surface area contributed by atoms with E-state index in [4.69, 9.17) is 18.6 Å². The van der Waals surface area contributed by atoms with Gasteiger partial charge < -0.3 is 18.6 Å². The number of fused-ring (bicyclic) bond motifs is 2. The van der Waals surface area contributed by atoms with Crippen LogP contribution in [0.1, 0.15) is 52.8 Å². The van der Waals surface area contributed by atoms with Gasteiger partial charge in [-0.1, -0.05) is 57.2 Å². The average Bonchev–Trinajstić information content (AvgIpc) is 3.40. The lowest BCUT2D eigenvalue weighted by Crippen LogP contribution is -2.10. The quantitative estimate of drug-likeness (QED) is 0.191. The maximum Gasteiger partial charge on any atom is 0.379 e. The minimum atomic E-state index is -0.665. The number of carbonyl (C=O) groups excluding carboxylic acids is 2. The molecule has 0 unspecified atom stereocenters. The number of allylic oxidation sites excluding steroid dienone is 1. The van der Waals surface area contributed by atoms with Crippen molar-refractivity contribution < 1.29 is 28.2 Å². The van der Waals surface area contributed by atoms with Crippen LogP contribution in [0, 0.1) is 0 Å². The molecule has 0 fully saturated rings. The van der Waals surface area contributed by atoms with Gasteiger partial charge in [0.05, 0.1) is 12.7 Å². The van der Waals surface area contributed by atoms with E-state index in [1.54, 1.807) is 30.3 Å². The Kier molecular flexibility index (Phi) is 5.44. The molecule has 0 saturated carbocycles. The molecule has 0 N–H and O–H groups in total. The van der Waals surface area contributed by atoms with Crippen LogP contribution >= 0.6 is 0 Å². The number of esters is 1. The highest BCUT2D eigenvalue weighted by Gasteiger charge is 2.28. The number of carbonyl (C=O) groups is 2. The van der Waals surface area contributed by atoms with Gasteiger partial charge in [-0.3, -0.25) is 4.79 Å². The van der Waals surface area contributed by atoms with Gasteiger partial charge in [-0.15, -0.1) is 0 Å². The Hall–Kier alpha value is -4.32. The van der Waals surface area contributed by atoms with E-state index in [0.717, 1.165) is 10.9 Å². The molecule has 1 aromatic heterocycles. The van der Waals surface area contributed by atoms with Crippen molar-refractivity contribution in [2.45, 2.75) is 26.2 Å². The van der Waals surface area contributed by atoms with Crippen LogP contribution in [0.15, 0.2) is 76.9 Å². The van der Waals surface area contributed by atoms with Gasteiger partial charge in [0.2, 0.25) is 11.5 Å². The van der Waals surface area contributed by atoms with Gasteiger partial charge >= 0.3 is 5.97 Å². The lowest BCUT2D eigenvalue weighted by Gasteiger charge is -2.18. The summed E-state index contributed by atoms with van der Waals surface area (Å²) >= 11 is 0. The summed E-state index contributed by atoms with van der Waals surface area (Å²) in [7, 11) is 1.53. The van der Waals surface area contributed by atoms with E-state index in [-0.39, 0.29) is 28.5 Å². The van der Waals surface area contributed by atoms with E-state index in [9.17, 15) is 9.59 Å². The molecule has 176 valence electrons. The SMILES string of the molecule is COc1cccc2cc(C(=O)Oc3ccc4c(c3)O/C(=C\c3ccc(C(C)(C)C)cc3)C4=O)oc12. The van der Waals surface area contributed by atoms with Crippen molar-refractivity contribution >= 4 is 28.8 Å². The zero-order valence-electron chi connectivity index (χ0n) is 19.9. The van der Waals surface area contributed by atoms with Crippen LogP contribution in [0.3, 0.4) is 0 Å². The number of hydrogen-bond acceptors (Lipinski definition) is 6. The van der Waals surface area contributed by atoms with Crippen molar-refractivity contribution in [2.24, 2.45) is 0 Å². The number of ketones is 1. The van der Waals surface area contributed by atoms with E-state index in [0.29, 0.717) is 22.6 Å². The zero-order chi connectivity index (χ0) is 24.7. The van der Waals surface area contributed by atoms with Gasteiger partial charge in [0.15, 0.2) is 17.1 Å². The van der Waals surface area contributed by atoms with Crippen LogP contribution in [-0.4, -0.2) is 18.9 Å². The molecule has 0 aliphatic carbocycles. The van der Waals surface area contributed by atoms with Crippen LogP contribution in [0.4, 0.5) is 0 Å². The zero-order valence-corrected chi connectivity index (χ0v) is 19.9. The van der Waals surface area contributed by atoms with Gasteiger partial charge in [0.1, 0.15) is 11.5 Å². The minimum Gasteiger partial charge on any atom is -0.493 e. The summed E-state index contributed by atoms with van der Waals surface area (Å²) < 4.78 is 22.2. The number of methoxy groups -OCH3 is 1. The average molecular weight is 469 g/mol. The maximum atomic E-state index is 12.8. The highest BCUT2D eigenvalue weighted by Crippen LogP contribution is 2.36. The number of benzene rings is 3. The molecule has 2 heterocycles. The van der Waals surface area contributed by atoms with Crippen LogP contribution in [0.2, 0.25) is 0 Å². The lowest BCUT2D eigenvalue weighted by molar-refractivity contribution is 0.0703. The van der Waals surface area contributed by atoms with Crippen molar-refractivity contribution in [1.82, 2.24) is 0 Å². The first-order valence-electron chi connectivity index (χ1n) is 11.2. The molecule has 1 aliphatic rings. The molecule has 0 amide bonds. The fourth-order valence-corrected chi connectivity index (χ4v) is 3.92. The fraction of sp³-hybridized carbons (Fsp3) is 0.172. The first-order chi connectivity index (χ1) is 16.7. The number of hydrogen-bond donors (Lipinski definition) is 0. The molecular formula is C29H24O6. The van der Waals surface area contributed by atoms with Crippen LogP contribution in [-0.2, 0) is 5.41 Å². The predicted octanol–water partition coefficient (Wildman–Crippen LogP) is 6.57. The summed E-state index contributed by atoms with van der Waals surface area (Å²) in [6.07, 6.45) is 1.71. The number of rotatable bonds is 4. The summed E-state index contributed by atoms with van der Waals surface area (Å²) in [5.41, 5.74) is 2.99. The Balaban J connectivity index is 1.34. The van der Waals surface area contributed by atoms with E-state index < -0.39 is 5.97 Å². The first kappa shape index (κ1) is 22.5. The van der Waals surface area contributed by atoms with Gasteiger partial charge in [0, 0.05) is 11.5 Å². The minimum absolute atomic E-state index is 0.0429. The van der Waals surface area contributed by atoms with E-state index in [2.05, 4.69) is 20.8 Å². The molecule has 35 heavy (non-hydrogen) atoms. The summed E-state index contributed by atoms with van der Waals surface area (Å²) in [5.74, 6) is 0.481. The second kappa shape index (κ2) is 8.47. The largest absolute Gasteiger partial charge is 0.493 e. The summed E-state index contributed by atoms with van der Waals surface area (Å²) in [6, 6.07) is 19.7. The maximum absolute atomic E-state index is 12.8. The number of ether oxygens (including phenoxy) is 3. The Morgan fingerprint density at radius 3 is 2.46 bits per heavy atom. The summed E-state index contributed by atoms with van der Waals surface area (Å²) in [5, 5.41) is 0.726. The van der Waals surface area contributed by atoms with Gasteiger partial charge in [-0.2, -0.15) is 0 Å². The monoisotopic (exact) mass is 468 g/mol. The van der Waals surface area contributed by atoms with Gasteiger partial charge in [0.25, 0.3) is 0 Å². The summed E-state index contributed by atoms with van der Waals surface area (Å²) in [4.78, 5) is 25.5. The van der Waals surface area contributed by atoms with Gasteiger partial charge in [-0.25, -0.2) is 4.79 Å². The van der Waals surface area contributed by atoms with Crippen LogP contribution < -0.4 is 14.2 Å². The number of Topliss-reactive ketones (excluding diaryl/α,β-unsaturated/α-hetero) is 1. The van der Waals surface area contributed by atoms with E-state index >= 15 is 0 Å². The van der Waals surface area contributed by atoms with Gasteiger partial charge in [-0.05, 0) is 46.9 Å².